The molecule has 0 spiro atoms. The molecule has 7 heteroatoms. The second-order valence-electron chi connectivity index (χ2n) is 7.78. The zero-order chi connectivity index (χ0) is 22.6. The summed E-state index contributed by atoms with van der Waals surface area (Å²) in [5, 5.41) is 9.42. The summed E-state index contributed by atoms with van der Waals surface area (Å²) in [6, 6.07) is 19.5. The molecule has 0 saturated carbocycles. The first-order valence-electron chi connectivity index (χ1n) is 10.5. The van der Waals surface area contributed by atoms with Crippen molar-refractivity contribution in [2.75, 3.05) is 18.0 Å². The van der Waals surface area contributed by atoms with Crippen LogP contribution in [0.25, 0.3) is 0 Å². The third-order valence-corrected chi connectivity index (χ3v) is 5.47. The first-order valence-corrected chi connectivity index (χ1v) is 10.5. The van der Waals surface area contributed by atoms with E-state index in [1.165, 1.54) is 12.1 Å². The Morgan fingerprint density at radius 2 is 1.41 bits per heavy atom. The summed E-state index contributed by atoms with van der Waals surface area (Å²) in [7, 11) is 0. The Morgan fingerprint density at radius 3 is 2.00 bits per heavy atom. The maximum atomic E-state index is 12.6. The zero-order valence-electron chi connectivity index (χ0n) is 17.4. The van der Waals surface area contributed by atoms with Crippen LogP contribution < -0.4 is 14.4 Å². The van der Waals surface area contributed by atoms with Crippen molar-refractivity contribution in [3.63, 3.8) is 0 Å². The van der Waals surface area contributed by atoms with Crippen LogP contribution in [0, 0.1) is 0 Å². The highest BCUT2D eigenvalue weighted by Crippen LogP contribution is 2.29. The van der Waals surface area contributed by atoms with Gasteiger partial charge in [-0.1, -0.05) is 12.1 Å². The number of alkyl halides is 3. The average Bonchev–Trinajstić information content (AvgIpc) is 2.79. The fourth-order valence-corrected chi connectivity index (χ4v) is 3.66. The number of aromatic hydroxyl groups is 1. The van der Waals surface area contributed by atoms with Crippen LogP contribution in [0.4, 0.5) is 18.9 Å². The van der Waals surface area contributed by atoms with Crippen molar-refractivity contribution < 1.29 is 27.8 Å². The van der Waals surface area contributed by atoms with Crippen molar-refractivity contribution in [3.05, 3.63) is 83.9 Å². The number of benzene rings is 3. The van der Waals surface area contributed by atoms with Crippen LogP contribution in [0.2, 0.25) is 0 Å². The number of phenolic OH excluding ortho intramolecular Hbond substituents is 1. The summed E-state index contributed by atoms with van der Waals surface area (Å²) in [6.45, 7) is 1.95. The molecule has 4 nitrogen and oxygen atoms in total. The molecule has 0 radical (unpaired) electrons. The molecule has 0 unspecified atom stereocenters. The molecule has 168 valence electrons. The van der Waals surface area contributed by atoms with Crippen molar-refractivity contribution >= 4 is 5.69 Å². The van der Waals surface area contributed by atoms with Crippen molar-refractivity contribution in [2.45, 2.75) is 31.7 Å². The van der Waals surface area contributed by atoms with E-state index < -0.39 is 11.7 Å². The molecule has 32 heavy (non-hydrogen) atoms. The molecule has 1 N–H and O–H groups in total. The summed E-state index contributed by atoms with van der Waals surface area (Å²) in [6.07, 6.45) is -2.42. The third-order valence-electron chi connectivity index (χ3n) is 5.47. The lowest BCUT2D eigenvalue weighted by Crippen LogP contribution is -2.38. The molecule has 1 aliphatic rings. The molecule has 3 aromatic carbocycles. The Morgan fingerprint density at radius 1 is 0.812 bits per heavy atom. The van der Waals surface area contributed by atoms with E-state index >= 15 is 0 Å². The van der Waals surface area contributed by atoms with E-state index in [0.717, 1.165) is 49.5 Å². The fraction of sp³-hybridized carbons (Fsp3) is 0.280. The van der Waals surface area contributed by atoms with Gasteiger partial charge in [0.05, 0.1) is 5.56 Å². The van der Waals surface area contributed by atoms with Crippen LogP contribution in [0.5, 0.6) is 17.2 Å². The van der Waals surface area contributed by atoms with Gasteiger partial charge in [0.15, 0.2) is 0 Å². The summed E-state index contributed by atoms with van der Waals surface area (Å²) < 4.78 is 49.7. The second-order valence-corrected chi connectivity index (χ2v) is 7.78. The van der Waals surface area contributed by atoms with Gasteiger partial charge in [0, 0.05) is 31.6 Å². The van der Waals surface area contributed by atoms with E-state index in [1.54, 1.807) is 24.3 Å². The molecule has 0 bridgehead atoms. The van der Waals surface area contributed by atoms with Gasteiger partial charge in [0.2, 0.25) is 0 Å². The highest BCUT2D eigenvalue weighted by molar-refractivity contribution is 5.49. The van der Waals surface area contributed by atoms with E-state index in [-0.39, 0.29) is 18.5 Å². The van der Waals surface area contributed by atoms with Gasteiger partial charge in [0.1, 0.15) is 30.0 Å². The number of ether oxygens (including phenoxy) is 2. The van der Waals surface area contributed by atoms with Crippen LogP contribution >= 0.6 is 0 Å². The molecule has 1 heterocycles. The first-order chi connectivity index (χ1) is 15.4. The largest absolute Gasteiger partial charge is 0.508 e. The smallest absolute Gasteiger partial charge is 0.416 e. The molecular formula is C25H24F3NO3. The van der Waals surface area contributed by atoms with Crippen molar-refractivity contribution in [3.8, 4) is 17.2 Å². The molecule has 4 rings (SSSR count). The van der Waals surface area contributed by atoms with E-state index in [2.05, 4.69) is 4.90 Å². The number of halogens is 3. The molecule has 0 aromatic heterocycles. The number of hydrogen-bond donors (Lipinski definition) is 1. The lowest BCUT2D eigenvalue weighted by molar-refractivity contribution is -0.137. The van der Waals surface area contributed by atoms with Crippen LogP contribution in [-0.2, 0) is 12.8 Å². The minimum atomic E-state index is -4.34. The minimum absolute atomic E-state index is 0.127. The quantitative estimate of drug-likeness (QED) is 0.505. The topological polar surface area (TPSA) is 41.9 Å². The Hall–Kier alpha value is -3.35. The fourth-order valence-electron chi connectivity index (χ4n) is 3.66. The second kappa shape index (κ2) is 9.42. The Balaban J connectivity index is 1.24. The average molecular weight is 443 g/mol. The van der Waals surface area contributed by atoms with Crippen LogP contribution in [-0.4, -0.2) is 24.3 Å². The molecule has 3 aromatic rings. The van der Waals surface area contributed by atoms with Gasteiger partial charge < -0.3 is 19.5 Å². The third kappa shape index (κ3) is 5.66. The Labute approximate surface area is 184 Å². The predicted molar refractivity (Wildman–Crippen MR) is 116 cm³/mol. The van der Waals surface area contributed by atoms with Crippen molar-refractivity contribution in [1.82, 2.24) is 0 Å². The number of rotatable bonds is 6. The van der Waals surface area contributed by atoms with Crippen molar-refractivity contribution in [2.24, 2.45) is 0 Å². The lowest BCUT2D eigenvalue weighted by atomic mass is 10.1. The van der Waals surface area contributed by atoms with Crippen molar-refractivity contribution in [1.29, 1.82) is 0 Å². The Kier molecular flexibility index (Phi) is 6.44. The van der Waals surface area contributed by atoms with Gasteiger partial charge in [-0.2, -0.15) is 13.2 Å². The normalized spacial score (nSPS) is 14.9. The number of anilines is 1. The van der Waals surface area contributed by atoms with Crippen LogP contribution in [0.3, 0.4) is 0 Å². The van der Waals surface area contributed by atoms with E-state index in [1.807, 2.05) is 24.3 Å². The number of nitrogens with zero attached hydrogens (tertiary/aromatic N) is 1. The molecule has 1 aliphatic heterocycles. The van der Waals surface area contributed by atoms with Gasteiger partial charge >= 0.3 is 6.18 Å². The standard InChI is InChI=1S/C25H24F3NO3/c26-25(27,28)19-3-1-18(2-4-19)17-31-22-9-11-23(12-10-22)32-24-13-15-29(16-14-24)20-5-7-21(30)8-6-20/h1-12,24,30H,13-17H2. The van der Waals surface area contributed by atoms with Gasteiger partial charge in [-0.05, 0) is 66.2 Å². The van der Waals surface area contributed by atoms with Gasteiger partial charge in [-0.15, -0.1) is 0 Å². The highest BCUT2D eigenvalue weighted by Gasteiger charge is 2.29. The maximum Gasteiger partial charge on any atom is 0.416 e. The SMILES string of the molecule is Oc1ccc(N2CCC(Oc3ccc(OCc4ccc(C(F)(F)F)cc4)cc3)CC2)cc1. The molecule has 0 amide bonds. The maximum absolute atomic E-state index is 12.6. The van der Waals surface area contributed by atoms with E-state index in [4.69, 9.17) is 9.47 Å². The summed E-state index contributed by atoms with van der Waals surface area (Å²) in [5.41, 5.74) is 1.09. The lowest BCUT2D eigenvalue weighted by Gasteiger charge is -2.33. The summed E-state index contributed by atoms with van der Waals surface area (Å²) >= 11 is 0. The summed E-state index contributed by atoms with van der Waals surface area (Å²) in [4.78, 5) is 2.28. The molecule has 1 fully saturated rings. The summed E-state index contributed by atoms with van der Waals surface area (Å²) in [5.74, 6) is 1.65. The number of phenols is 1. The minimum Gasteiger partial charge on any atom is -0.508 e. The number of hydrogen-bond acceptors (Lipinski definition) is 4. The zero-order valence-corrected chi connectivity index (χ0v) is 17.4. The molecule has 0 aliphatic carbocycles. The van der Waals surface area contributed by atoms with Crippen LogP contribution in [0.1, 0.15) is 24.0 Å². The van der Waals surface area contributed by atoms with Gasteiger partial charge in [-0.3, -0.25) is 0 Å². The molecule has 0 atom stereocenters. The van der Waals surface area contributed by atoms with Crippen LogP contribution in [0.15, 0.2) is 72.8 Å². The highest BCUT2D eigenvalue weighted by atomic mass is 19.4. The molecular weight excluding hydrogens is 419 g/mol. The van der Waals surface area contributed by atoms with E-state index in [9.17, 15) is 18.3 Å². The monoisotopic (exact) mass is 443 g/mol. The number of piperidine rings is 1. The first kappa shape index (κ1) is 21.9. The predicted octanol–water partition coefficient (Wildman–Crippen LogP) is 6.04. The van der Waals surface area contributed by atoms with Gasteiger partial charge in [0.25, 0.3) is 0 Å². The van der Waals surface area contributed by atoms with E-state index in [0.29, 0.717) is 11.3 Å². The molecule has 1 saturated heterocycles. The van der Waals surface area contributed by atoms with Gasteiger partial charge in [-0.25, -0.2) is 0 Å². The Bertz CT molecular complexity index is 995.